The summed E-state index contributed by atoms with van der Waals surface area (Å²) in [6, 6.07) is 0. The van der Waals surface area contributed by atoms with E-state index in [1.165, 1.54) is 128 Å². The van der Waals surface area contributed by atoms with Crippen LogP contribution >= 0.6 is 47.8 Å². The van der Waals surface area contributed by atoms with Crippen LogP contribution in [0.5, 0.6) is 0 Å². The molecule has 5 heteroatoms. The molecule has 1 unspecified atom stereocenters. The van der Waals surface area contributed by atoms with Gasteiger partial charge in [-0.3, -0.25) is 0 Å². The molecule has 190 valence electrons. The molecule has 0 amide bonds. The minimum Gasteiger partial charge on any atom is -0.378 e. The van der Waals surface area contributed by atoms with Crippen LogP contribution in [-0.4, -0.2) is 21.1 Å². The highest BCUT2D eigenvalue weighted by Crippen LogP contribution is 2.42. The van der Waals surface area contributed by atoms with E-state index in [9.17, 15) is 4.79 Å². The summed E-state index contributed by atoms with van der Waals surface area (Å²) in [5.41, 5.74) is 0. The first-order chi connectivity index (χ1) is 15.5. The Morgan fingerprint density at radius 1 is 0.656 bits per heavy atom. The molecule has 0 aromatic rings. The van der Waals surface area contributed by atoms with E-state index in [1.54, 1.807) is 0 Å². The van der Waals surface area contributed by atoms with E-state index in [2.05, 4.69) is 47.8 Å². The largest absolute Gasteiger partial charge is 0.378 e. The molecule has 1 saturated carbocycles. The van der Waals surface area contributed by atoms with E-state index in [1.807, 2.05) is 0 Å². The van der Waals surface area contributed by atoms with Crippen LogP contribution in [-0.2, 0) is 9.53 Å². The van der Waals surface area contributed by atoms with Gasteiger partial charge in [-0.15, -0.1) is 0 Å². The highest BCUT2D eigenvalue weighted by molar-refractivity contribution is 9.39. The second kappa shape index (κ2) is 21.4. The first-order valence-electron chi connectivity index (χ1n) is 13.7. The fourth-order valence-electron chi connectivity index (χ4n) is 4.73. The van der Waals surface area contributed by atoms with Crippen molar-refractivity contribution in [1.29, 1.82) is 0 Å². The molecule has 0 aliphatic heterocycles. The lowest BCUT2D eigenvalue weighted by atomic mass is 9.98. The van der Waals surface area contributed by atoms with Crippen LogP contribution in [0, 0.1) is 5.92 Å². The van der Waals surface area contributed by atoms with Crippen LogP contribution in [0.2, 0.25) is 0 Å². The normalized spacial score (nSPS) is 16.3. The van der Waals surface area contributed by atoms with Gasteiger partial charge in [-0.25, -0.2) is 0 Å². The molecular weight excluding hydrogens is 596 g/mol. The van der Waals surface area contributed by atoms with E-state index >= 15 is 0 Å². The lowest BCUT2D eigenvalue weighted by Crippen LogP contribution is -2.18. The summed E-state index contributed by atoms with van der Waals surface area (Å²) in [6.07, 6.45) is 31.1. The third-order valence-corrected chi connectivity index (χ3v) is 8.66. The number of ether oxygens (including phenoxy) is 1. The zero-order chi connectivity index (χ0) is 23.3. The molecule has 1 rings (SSSR count). The second-order valence-electron chi connectivity index (χ2n) is 9.86. The second-order valence-corrected chi connectivity index (χ2v) is 16.8. The molecule has 0 aromatic carbocycles. The molecular formula is C27H49Br3O2. The summed E-state index contributed by atoms with van der Waals surface area (Å²) >= 11 is 10.4. The number of carbonyl (C=O) groups is 1. The van der Waals surface area contributed by atoms with Gasteiger partial charge in [0.05, 0.1) is 6.10 Å². The van der Waals surface area contributed by atoms with Gasteiger partial charge in [0.15, 0.2) is 0 Å². The average molecular weight is 645 g/mol. The van der Waals surface area contributed by atoms with E-state index in [0.29, 0.717) is 6.10 Å². The molecule has 0 radical (unpaired) electrons. The van der Waals surface area contributed by atoms with Crippen LogP contribution in [0.1, 0.15) is 141 Å². The van der Waals surface area contributed by atoms with Crippen molar-refractivity contribution in [2.24, 2.45) is 5.92 Å². The van der Waals surface area contributed by atoms with Gasteiger partial charge in [0.25, 0.3) is 0 Å². The van der Waals surface area contributed by atoms with E-state index in [4.69, 9.17) is 4.74 Å². The number of rotatable bonds is 21. The predicted octanol–water partition coefficient (Wildman–Crippen LogP) is 10.6. The first-order valence-corrected chi connectivity index (χ1v) is 16.1. The van der Waals surface area contributed by atoms with Gasteiger partial charge in [-0.2, -0.15) is 0 Å². The number of alkyl halides is 3. The van der Waals surface area contributed by atoms with Crippen molar-refractivity contribution in [2.75, 3.05) is 6.61 Å². The summed E-state index contributed by atoms with van der Waals surface area (Å²) in [5, 5.41) is 0. The van der Waals surface area contributed by atoms with Gasteiger partial charge in [-0.1, -0.05) is 163 Å². The Kier molecular flexibility index (Phi) is 20.8. The number of hydrogen-bond acceptors (Lipinski definition) is 2. The van der Waals surface area contributed by atoms with Gasteiger partial charge in [0.2, 0.25) is 0 Å². The average Bonchev–Trinajstić information content (AvgIpc) is 2.77. The fraction of sp³-hybridized carbons (Fsp3) is 0.963. The number of carbonyl (C=O) groups excluding carboxylic acids is 1. The number of halogens is 3. The Labute approximate surface area is 224 Å². The topological polar surface area (TPSA) is 26.3 Å². The van der Waals surface area contributed by atoms with Gasteiger partial charge in [0.1, 0.15) is 8.43 Å². The summed E-state index contributed by atoms with van der Waals surface area (Å²) in [5.74, 6) is -0.0203. The minimum absolute atomic E-state index is 0.0203. The predicted molar refractivity (Wildman–Crippen MR) is 150 cm³/mol. The maximum atomic E-state index is 11.1. The van der Waals surface area contributed by atoms with Crippen molar-refractivity contribution in [3.63, 3.8) is 0 Å². The van der Waals surface area contributed by atoms with Crippen LogP contribution < -0.4 is 0 Å². The lowest BCUT2D eigenvalue weighted by molar-refractivity contribution is -0.110. The van der Waals surface area contributed by atoms with Crippen molar-refractivity contribution >= 4 is 54.1 Å². The van der Waals surface area contributed by atoms with Gasteiger partial charge in [0, 0.05) is 12.5 Å². The monoisotopic (exact) mass is 642 g/mol. The zero-order valence-corrected chi connectivity index (χ0v) is 25.2. The van der Waals surface area contributed by atoms with Gasteiger partial charge in [-0.05, 0) is 25.7 Å². The zero-order valence-electron chi connectivity index (χ0n) is 20.4. The molecule has 1 aliphatic rings. The quantitative estimate of drug-likeness (QED) is 0.0706. The van der Waals surface area contributed by atoms with Crippen LogP contribution in [0.15, 0.2) is 0 Å². The summed E-state index contributed by atoms with van der Waals surface area (Å²) in [7, 11) is 0. The van der Waals surface area contributed by atoms with Crippen LogP contribution in [0.25, 0.3) is 0 Å². The van der Waals surface area contributed by atoms with Crippen molar-refractivity contribution < 1.29 is 9.53 Å². The standard InChI is InChI=1S/C27H49Br3O2/c28-27(29,30)25(24-31)20-16-13-11-9-7-5-3-1-2-4-6-8-10-12-14-19-23-32-26-21-17-15-18-22-26/h24-26H,1-23H2. The molecule has 2 nitrogen and oxygen atoms in total. The maximum Gasteiger partial charge on any atom is 0.144 e. The smallest absolute Gasteiger partial charge is 0.144 e. The number of unbranched alkanes of at least 4 members (excludes halogenated alkanes) is 15. The fourth-order valence-corrected chi connectivity index (χ4v) is 5.74. The molecule has 0 aromatic heterocycles. The molecule has 0 bridgehead atoms. The Morgan fingerprint density at radius 3 is 1.47 bits per heavy atom. The van der Waals surface area contributed by atoms with Crippen molar-refractivity contribution in [3.05, 3.63) is 0 Å². The molecule has 1 aliphatic carbocycles. The third kappa shape index (κ3) is 18.4. The number of hydrogen-bond donors (Lipinski definition) is 0. The van der Waals surface area contributed by atoms with Crippen LogP contribution in [0.3, 0.4) is 0 Å². The van der Waals surface area contributed by atoms with E-state index in [0.717, 1.165) is 25.7 Å². The summed E-state index contributed by atoms with van der Waals surface area (Å²) < 4.78 is 5.58. The van der Waals surface area contributed by atoms with Gasteiger partial charge >= 0.3 is 0 Å². The van der Waals surface area contributed by atoms with E-state index in [-0.39, 0.29) is 5.92 Å². The highest BCUT2D eigenvalue weighted by Gasteiger charge is 2.29. The van der Waals surface area contributed by atoms with Crippen molar-refractivity contribution in [2.45, 2.75) is 150 Å². The molecule has 0 spiro atoms. The Bertz CT molecular complexity index is 420. The van der Waals surface area contributed by atoms with Crippen molar-refractivity contribution in [3.8, 4) is 0 Å². The SMILES string of the molecule is O=CC(CCCCCCCCCCCCCCCCCCOC1CCCCC1)C(Br)(Br)Br. The molecule has 32 heavy (non-hydrogen) atoms. The van der Waals surface area contributed by atoms with Crippen molar-refractivity contribution in [1.82, 2.24) is 0 Å². The molecule has 1 fully saturated rings. The molecule has 0 heterocycles. The third-order valence-electron chi connectivity index (χ3n) is 6.90. The van der Waals surface area contributed by atoms with Crippen LogP contribution in [0.4, 0.5) is 0 Å². The minimum atomic E-state index is -0.433. The highest BCUT2D eigenvalue weighted by atomic mass is 80.0. The Morgan fingerprint density at radius 2 is 1.06 bits per heavy atom. The summed E-state index contributed by atoms with van der Waals surface area (Å²) in [4.78, 5) is 11.1. The molecule has 0 saturated heterocycles. The van der Waals surface area contributed by atoms with E-state index < -0.39 is 2.14 Å². The Hall–Kier alpha value is 1.07. The maximum absolute atomic E-state index is 11.1. The van der Waals surface area contributed by atoms with Gasteiger partial charge < -0.3 is 9.53 Å². The molecule has 1 atom stereocenters. The lowest BCUT2D eigenvalue weighted by Gasteiger charge is -2.21. The number of aldehydes is 1. The molecule has 0 N–H and O–H groups in total. The Balaban J connectivity index is 1.71. The summed E-state index contributed by atoms with van der Waals surface area (Å²) in [6.45, 7) is 0.997. The first kappa shape index (κ1) is 31.1.